The van der Waals surface area contributed by atoms with Crippen molar-refractivity contribution in [2.75, 3.05) is 0 Å². The molecule has 1 aliphatic rings. The summed E-state index contributed by atoms with van der Waals surface area (Å²) in [5.41, 5.74) is 8.71. The summed E-state index contributed by atoms with van der Waals surface area (Å²) in [6, 6.07) is 2.50. The van der Waals surface area contributed by atoms with E-state index in [-0.39, 0.29) is 0 Å². The molecular formula is C13H23N3. The van der Waals surface area contributed by atoms with Crippen LogP contribution in [0.3, 0.4) is 0 Å². The summed E-state index contributed by atoms with van der Waals surface area (Å²) in [5, 5.41) is 4.47. The molecule has 90 valence electrons. The monoisotopic (exact) mass is 221 g/mol. The third kappa shape index (κ3) is 2.46. The van der Waals surface area contributed by atoms with Crippen LogP contribution in [0, 0.1) is 12.8 Å². The molecule has 1 atom stereocenters. The molecular weight excluding hydrogens is 198 g/mol. The highest BCUT2D eigenvalue weighted by molar-refractivity contribution is 5.10. The van der Waals surface area contributed by atoms with Gasteiger partial charge in [-0.1, -0.05) is 12.8 Å². The van der Waals surface area contributed by atoms with E-state index in [0.717, 1.165) is 24.6 Å². The Labute approximate surface area is 98.0 Å². The van der Waals surface area contributed by atoms with Gasteiger partial charge in [-0.05, 0) is 38.7 Å². The van der Waals surface area contributed by atoms with Crippen LogP contribution in [0.2, 0.25) is 0 Å². The highest BCUT2D eigenvalue weighted by Crippen LogP contribution is 2.28. The number of aromatic nitrogens is 2. The lowest BCUT2D eigenvalue weighted by molar-refractivity contribution is 0.418. The fourth-order valence-electron chi connectivity index (χ4n) is 2.83. The van der Waals surface area contributed by atoms with Crippen molar-refractivity contribution in [3.63, 3.8) is 0 Å². The van der Waals surface area contributed by atoms with Gasteiger partial charge in [0.25, 0.3) is 0 Å². The lowest BCUT2D eigenvalue weighted by Gasteiger charge is -2.18. The second kappa shape index (κ2) is 5.00. The van der Waals surface area contributed by atoms with Gasteiger partial charge >= 0.3 is 0 Å². The number of nitrogens with two attached hydrogens (primary N) is 1. The molecule has 1 unspecified atom stereocenters. The van der Waals surface area contributed by atoms with Gasteiger partial charge in [-0.3, -0.25) is 4.68 Å². The topological polar surface area (TPSA) is 43.8 Å². The molecule has 0 spiro atoms. The van der Waals surface area contributed by atoms with Crippen molar-refractivity contribution < 1.29 is 0 Å². The van der Waals surface area contributed by atoms with Crippen LogP contribution in [-0.4, -0.2) is 15.8 Å². The average Bonchev–Trinajstić information content (AvgIpc) is 2.87. The Bertz CT molecular complexity index is 337. The number of hydrogen-bond acceptors (Lipinski definition) is 2. The first-order valence-corrected chi connectivity index (χ1v) is 6.49. The first-order valence-electron chi connectivity index (χ1n) is 6.49. The minimum absolute atomic E-state index is 0.323. The molecule has 2 N–H and O–H groups in total. The second-order valence-corrected chi connectivity index (χ2v) is 5.01. The average molecular weight is 221 g/mol. The van der Waals surface area contributed by atoms with Crippen LogP contribution >= 0.6 is 0 Å². The Morgan fingerprint density at radius 2 is 2.19 bits per heavy atom. The van der Waals surface area contributed by atoms with Gasteiger partial charge in [0.1, 0.15) is 0 Å². The van der Waals surface area contributed by atoms with Gasteiger partial charge in [-0.15, -0.1) is 0 Å². The molecule has 0 saturated heterocycles. The van der Waals surface area contributed by atoms with E-state index in [9.17, 15) is 0 Å². The van der Waals surface area contributed by atoms with E-state index in [1.54, 1.807) is 0 Å². The van der Waals surface area contributed by atoms with Crippen molar-refractivity contribution in [3.8, 4) is 0 Å². The largest absolute Gasteiger partial charge is 0.327 e. The third-order valence-corrected chi connectivity index (χ3v) is 3.74. The van der Waals surface area contributed by atoms with Crippen molar-refractivity contribution in [1.29, 1.82) is 0 Å². The fourth-order valence-corrected chi connectivity index (χ4v) is 2.83. The Balaban J connectivity index is 2.01. The molecule has 1 saturated carbocycles. The third-order valence-electron chi connectivity index (χ3n) is 3.74. The maximum absolute atomic E-state index is 6.30. The summed E-state index contributed by atoms with van der Waals surface area (Å²) in [5.74, 6) is 0.737. The second-order valence-electron chi connectivity index (χ2n) is 5.01. The standard InChI is InChI=1S/C13H23N3/c1-3-16-12(8-10(2)15-16)9-13(14)11-6-4-5-7-11/h8,11,13H,3-7,9,14H2,1-2H3. The van der Waals surface area contributed by atoms with Crippen LogP contribution < -0.4 is 5.73 Å². The van der Waals surface area contributed by atoms with Gasteiger partial charge in [-0.2, -0.15) is 5.10 Å². The predicted octanol–water partition coefficient (Wildman–Crippen LogP) is 2.27. The molecule has 0 radical (unpaired) electrons. The van der Waals surface area contributed by atoms with Gasteiger partial charge in [0, 0.05) is 24.7 Å². The highest BCUT2D eigenvalue weighted by atomic mass is 15.3. The molecule has 0 aromatic carbocycles. The fraction of sp³-hybridized carbons (Fsp3) is 0.769. The summed E-state index contributed by atoms with van der Waals surface area (Å²) in [4.78, 5) is 0. The smallest absolute Gasteiger partial charge is 0.0596 e. The minimum Gasteiger partial charge on any atom is -0.327 e. The number of rotatable bonds is 4. The maximum Gasteiger partial charge on any atom is 0.0596 e. The van der Waals surface area contributed by atoms with Crippen molar-refractivity contribution in [1.82, 2.24) is 9.78 Å². The zero-order chi connectivity index (χ0) is 11.5. The normalized spacial score (nSPS) is 19.2. The van der Waals surface area contributed by atoms with Crippen LogP contribution in [0.5, 0.6) is 0 Å². The van der Waals surface area contributed by atoms with E-state index < -0.39 is 0 Å². The summed E-state index contributed by atoms with van der Waals surface area (Å²) in [6.07, 6.45) is 6.36. The number of hydrogen-bond donors (Lipinski definition) is 1. The van der Waals surface area contributed by atoms with Crippen LogP contribution in [0.25, 0.3) is 0 Å². The molecule has 0 bridgehead atoms. The molecule has 1 aromatic rings. The molecule has 1 aliphatic carbocycles. The van der Waals surface area contributed by atoms with Gasteiger partial charge < -0.3 is 5.73 Å². The number of aryl methyl sites for hydroxylation is 2. The van der Waals surface area contributed by atoms with Crippen LogP contribution in [-0.2, 0) is 13.0 Å². The van der Waals surface area contributed by atoms with Gasteiger partial charge in [-0.25, -0.2) is 0 Å². The van der Waals surface area contributed by atoms with E-state index in [0.29, 0.717) is 6.04 Å². The molecule has 3 nitrogen and oxygen atoms in total. The number of nitrogens with zero attached hydrogens (tertiary/aromatic N) is 2. The summed E-state index contributed by atoms with van der Waals surface area (Å²) in [6.45, 7) is 5.13. The summed E-state index contributed by atoms with van der Waals surface area (Å²) >= 11 is 0. The first-order chi connectivity index (χ1) is 7.70. The van der Waals surface area contributed by atoms with E-state index in [4.69, 9.17) is 5.73 Å². The first kappa shape index (κ1) is 11.6. The van der Waals surface area contributed by atoms with E-state index in [1.165, 1.54) is 31.4 Å². The maximum atomic E-state index is 6.30. The summed E-state index contributed by atoms with van der Waals surface area (Å²) in [7, 11) is 0. The van der Waals surface area contributed by atoms with Crippen molar-refractivity contribution in [3.05, 3.63) is 17.5 Å². The summed E-state index contributed by atoms with van der Waals surface area (Å²) < 4.78 is 2.09. The van der Waals surface area contributed by atoms with E-state index >= 15 is 0 Å². The van der Waals surface area contributed by atoms with Gasteiger partial charge in [0.05, 0.1) is 5.69 Å². The zero-order valence-corrected chi connectivity index (χ0v) is 10.4. The molecule has 2 rings (SSSR count). The Hall–Kier alpha value is -0.830. The zero-order valence-electron chi connectivity index (χ0n) is 10.4. The Kier molecular flexibility index (Phi) is 3.64. The lowest BCUT2D eigenvalue weighted by atomic mass is 9.95. The molecule has 16 heavy (non-hydrogen) atoms. The lowest BCUT2D eigenvalue weighted by Crippen LogP contribution is -2.31. The quantitative estimate of drug-likeness (QED) is 0.847. The Morgan fingerprint density at radius 3 is 2.81 bits per heavy atom. The molecule has 3 heteroatoms. The SMILES string of the molecule is CCn1nc(C)cc1CC(N)C1CCCC1. The van der Waals surface area contributed by atoms with E-state index in [2.05, 4.69) is 29.7 Å². The molecule has 1 aromatic heterocycles. The Morgan fingerprint density at radius 1 is 1.50 bits per heavy atom. The molecule has 1 heterocycles. The predicted molar refractivity (Wildman–Crippen MR) is 66.3 cm³/mol. The van der Waals surface area contributed by atoms with Gasteiger partial charge in [0.15, 0.2) is 0 Å². The van der Waals surface area contributed by atoms with Crippen molar-refractivity contribution in [2.24, 2.45) is 11.7 Å². The van der Waals surface area contributed by atoms with Crippen LogP contribution in [0.4, 0.5) is 0 Å². The van der Waals surface area contributed by atoms with Gasteiger partial charge in [0.2, 0.25) is 0 Å². The van der Waals surface area contributed by atoms with Crippen molar-refractivity contribution >= 4 is 0 Å². The molecule has 0 aliphatic heterocycles. The molecule has 0 amide bonds. The highest BCUT2D eigenvalue weighted by Gasteiger charge is 2.23. The van der Waals surface area contributed by atoms with Crippen molar-refractivity contribution in [2.45, 2.75) is 58.5 Å². The molecule has 1 fully saturated rings. The van der Waals surface area contributed by atoms with E-state index in [1.807, 2.05) is 0 Å². The minimum atomic E-state index is 0.323. The van der Waals surface area contributed by atoms with Crippen LogP contribution in [0.1, 0.15) is 44.0 Å². The van der Waals surface area contributed by atoms with Crippen LogP contribution in [0.15, 0.2) is 6.07 Å².